The Balaban J connectivity index is 0.00000240. The number of tetrazole rings is 1. The average Bonchev–Trinajstić information content (AvgIpc) is 3.34. The molecule has 8 nitrogen and oxygen atoms in total. The van der Waals surface area contributed by atoms with E-state index in [9.17, 15) is 4.79 Å². The van der Waals surface area contributed by atoms with Crippen LogP contribution in [0.5, 0.6) is 0 Å². The lowest BCUT2D eigenvalue weighted by Crippen LogP contribution is -2.33. The van der Waals surface area contributed by atoms with Crippen molar-refractivity contribution in [3.05, 3.63) is 65.4 Å². The van der Waals surface area contributed by atoms with Crippen molar-refractivity contribution in [2.75, 3.05) is 25.0 Å². The van der Waals surface area contributed by atoms with Crippen molar-refractivity contribution < 1.29 is 4.79 Å². The molecule has 152 valence electrons. The van der Waals surface area contributed by atoms with Crippen molar-refractivity contribution in [3.63, 3.8) is 0 Å². The minimum absolute atomic E-state index is 0. The summed E-state index contributed by atoms with van der Waals surface area (Å²) in [6, 6.07) is 15.4. The van der Waals surface area contributed by atoms with E-state index in [1.807, 2.05) is 18.2 Å². The Morgan fingerprint density at radius 2 is 2.00 bits per heavy atom. The van der Waals surface area contributed by atoms with Crippen LogP contribution in [0, 0.1) is 0 Å². The zero-order valence-electron chi connectivity index (χ0n) is 15.5. The largest absolute Gasteiger partial charge is 0.326 e. The van der Waals surface area contributed by atoms with Gasteiger partial charge in [0.1, 0.15) is 6.33 Å². The van der Waals surface area contributed by atoms with Crippen LogP contribution in [0.15, 0.2) is 54.9 Å². The quantitative estimate of drug-likeness (QED) is 0.638. The average molecular weight is 434 g/mol. The second kappa shape index (κ2) is 9.32. The lowest BCUT2D eigenvalue weighted by Gasteiger charge is -2.16. The first-order valence-electron chi connectivity index (χ1n) is 8.96. The van der Waals surface area contributed by atoms with Gasteiger partial charge in [-0.3, -0.25) is 9.69 Å². The second-order valence-electron chi connectivity index (χ2n) is 6.84. The Labute approximate surface area is 179 Å². The van der Waals surface area contributed by atoms with E-state index in [0.29, 0.717) is 22.9 Å². The van der Waals surface area contributed by atoms with Gasteiger partial charge in [-0.2, -0.15) is 0 Å². The van der Waals surface area contributed by atoms with Gasteiger partial charge in [0.15, 0.2) is 0 Å². The van der Waals surface area contributed by atoms with Gasteiger partial charge in [0, 0.05) is 25.0 Å². The number of benzene rings is 2. The van der Waals surface area contributed by atoms with Gasteiger partial charge in [0.2, 0.25) is 5.91 Å². The third-order valence-corrected chi connectivity index (χ3v) is 5.20. The molecule has 2 aromatic carbocycles. The van der Waals surface area contributed by atoms with Crippen LogP contribution in [0.25, 0.3) is 5.69 Å². The van der Waals surface area contributed by atoms with E-state index in [-0.39, 0.29) is 36.8 Å². The zero-order chi connectivity index (χ0) is 19.5. The van der Waals surface area contributed by atoms with E-state index in [1.54, 1.807) is 18.2 Å². The van der Waals surface area contributed by atoms with Crippen molar-refractivity contribution in [3.8, 4) is 5.69 Å². The Morgan fingerprint density at radius 1 is 1.21 bits per heavy atom. The highest BCUT2D eigenvalue weighted by atomic mass is 35.5. The number of rotatable bonds is 5. The molecule has 0 aliphatic carbocycles. The number of hydrogen-bond donors (Lipinski definition) is 2. The third kappa shape index (κ3) is 4.91. The number of hydrogen-bond acceptors (Lipinski definition) is 6. The Hall–Kier alpha value is -2.52. The number of anilines is 1. The molecule has 3 N–H and O–H groups in total. The number of halogens is 2. The van der Waals surface area contributed by atoms with Crippen LogP contribution in [0.3, 0.4) is 0 Å². The summed E-state index contributed by atoms with van der Waals surface area (Å²) in [5.74, 6) is 0.0809. The normalized spacial score (nSPS) is 19.0. The molecule has 10 heteroatoms. The summed E-state index contributed by atoms with van der Waals surface area (Å²) in [5.41, 5.74) is 8.74. The number of likely N-dealkylation sites (tertiary alicyclic amines) is 1. The first-order chi connectivity index (χ1) is 13.6. The molecule has 0 saturated carbocycles. The first kappa shape index (κ1) is 21.2. The maximum atomic E-state index is 12.6. The van der Waals surface area contributed by atoms with E-state index in [1.165, 1.54) is 16.6 Å². The first-order valence-corrected chi connectivity index (χ1v) is 9.33. The van der Waals surface area contributed by atoms with Gasteiger partial charge in [-0.1, -0.05) is 41.9 Å². The second-order valence-corrected chi connectivity index (χ2v) is 7.25. The molecule has 1 aromatic heterocycles. The summed E-state index contributed by atoms with van der Waals surface area (Å²) in [6.45, 7) is 1.67. The summed E-state index contributed by atoms with van der Waals surface area (Å²) in [4.78, 5) is 14.6. The minimum Gasteiger partial charge on any atom is -0.326 e. The van der Waals surface area contributed by atoms with E-state index in [2.05, 4.69) is 37.9 Å². The van der Waals surface area contributed by atoms with Crippen LogP contribution in [0.2, 0.25) is 5.02 Å². The van der Waals surface area contributed by atoms with Gasteiger partial charge in [-0.15, -0.1) is 17.5 Å². The molecule has 4 rings (SSSR count). The fourth-order valence-corrected chi connectivity index (χ4v) is 3.68. The van der Waals surface area contributed by atoms with E-state index in [0.717, 1.165) is 6.54 Å². The van der Waals surface area contributed by atoms with Gasteiger partial charge in [0.25, 0.3) is 0 Å². The zero-order valence-corrected chi connectivity index (χ0v) is 17.1. The van der Waals surface area contributed by atoms with Crippen molar-refractivity contribution in [1.82, 2.24) is 25.1 Å². The summed E-state index contributed by atoms with van der Waals surface area (Å²) < 4.78 is 1.50. The van der Waals surface area contributed by atoms with Crippen LogP contribution in [-0.4, -0.2) is 56.7 Å². The Morgan fingerprint density at radius 3 is 2.72 bits per heavy atom. The van der Waals surface area contributed by atoms with Crippen LogP contribution in [-0.2, 0) is 4.79 Å². The van der Waals surface area contributed by atoms with E-state index >= 15 is 0 Å². The summed E-state index contributed by atoms with van der Waals surface area (Å²) in [5, 5.41) is 14.4. The van der Waals surface area contributed by atoms with Gasteiger partial charge in [-0.25, -0.2) is 4.68 Å². The molecule has 1 saturated heterocycles. The van der Waals surface area contributed by atoms with Crippen LogP contribution in [0.4, 0.5) is 5.69 Å². The molecule has 29 heavy (non-hydrogen) atoms. The Kier molecular flexibility index (Phi) is 6.81. The Bertz CT molecular complexity index is 952. The van der Waals surface area contributed by atoms with Crippen LogP contribution in [0.1, 0.15) is 11.5 Å². The molecular weight excluding hydrogens is 413 g/mol. The number of nitrogens with one attached hydrogen (secondary N) is 1. The molecule has 1 aliphatic heterocycles. The molecule has 0 unspecified atom stereocenters. The fraction of sp³-hybridized carbons (Fsp3) is 0.263. The number of amides is 1. The monoisotopic (exact) mass is 433 g/mol. The van der Waals surface area contributed by atoms with Gasteiger partial charge >= 0.3 is 0 Å². The van der Waals surface area contributed by atoms with Gasteiger partial charge < -0.3 is 11.1 Å². The third-order valence-electron chi connectivity index (χ3n) is 4.87. The number of nitrogens with two attached hydrogens (primary N) is 1. The lowest BCUT2D eigenvalue weighted by atomic mass is 9.95. The molecule has 0 radical (unpaired) electrons. The minimum atomic E-state index is -0.142. The number of nitrogens with zero attached hydrogens (tertiary/aromatic N) is 5. The summed E-state index contributed by atoms with van der Waals surface area (Å²) >= 11 is 6.24. The highest BCUT2D eigenvalue weighted by Crippen LogP contribution is 2.27. The predicted octanol–water partition coefficient (Wildman–Crippen LogP) is 2.10. The lowest BCUT2D eigenvalue weighted by molar-refractivity contribution is -0.117. The number of aromatic nitrogens is 4. The van der Waals surface area contributed by atoms with E-state index in [4.69, 9.17) is 17.3 Å². The van der Waals surface area contributed by atoms with Crippen molar-refractivity contribution in [2.24, 2.45) is 5.73 Å². The number of carbonyl (C=O) groups excluding carboxylic acids is 1. The fourth-order valence-electron chi connectivity index (χ4n) is 3.52. The van der Waals surface area contributed by atoms with E-state index < -0.39 is 0 Å². The van der Waals surface area contributed by atoms with Crippen molar-refractivity contribution in [2.45, 2.75) is 12.0 Å². The van der Waals surface area contributed by atoms with Gasteiger partial charge in [-0.05, 0) is 34.2 Å². The highest BCUT2D eigenvalue weighted by Gasteiger charge is 2.32. The smallest absolute Gasteiger partial charge is 0.238 e. The van der Waals surface area contributed by atoms with Crippen molar-refractivity contribution in [1.29, 1.82) is 0 Å². The molecule has 1 amide bonds. The molecule has 3 aromatic rings. The highest BCUT2D eigenvalue weighted by molar-refractivity contribution is 6.33. The van der Waals surface area contributed by atoms with Crippen molar-refractivity contribution >= 4 is 35.6 Å². The summed E-state index contributed by atoms with van der Waals surface area (Å²) in [7, 11) is 0. The summed E-state index contributed by atoms with van der Waals surface area (Å²) in [6.07, 6.45) is 1.48. The number of carbonyl (C=O) groups is 1. The van der Waals surface area contributed by atoms with Gasteiger partial charge in [0.05, 0.1) is 22.9 Å². The maximum absolute atomic E-state index is 12.6. The molecule has 0 bridgehead atoms. The standard InChI is InChI=1S/C19H20ClN7O.ClH/c20-16-7-6-14(27-12-22-24-25-27)8-18(16)23-19(28)11-26-9-15(17(21)10-26)13-4-2-1-3-5-13;/h1-8,12,15,17H,9-11,21H2,(H,23,28);1H/t15-,17+;/m0./s1. The molecule has 2 heterocycles. The molecule has 0 spiro atoms. The molecule has 2 atom stereocenters. The van der Waals surface area contributed by atoms with Crippen LogP contribution < -0.4 is 11.1 Å². The SMILES string of the molecule is Cl.N[C@@H]1CN(CC(=O)Nc2cc(-n3cnnn3)ccc2Cl)C[C@H]1c1ccccc1. The predicted molar refractivity (Wildman–Crippen MR) is 114 cm³/mol. The van der Waals surface area contributed by atoms with Crippen LogP contribution >= 0.6 is 24.0 Å². The maximum Gasteiger partial charge on any atom is 0.238 e. The topological polar surface area (TPSA) is 102 Å². The molecule has 1 fully saturated rings. The molecule has 1 aliphatic rings. The molecular formula is C19H21Cl2N7O.